The van der Waals surface area contributed by atoms with Crippen molar-refractivity contribution in [1.29, 1.82) is 0 Å². The number of carbonyl (C=O) groups excluding carboxylic acids is 1. The fourth-order valence-corrected chi connectivity index (χ4v) is 4.24. The molecule has 0 aliphatic heterocycles. The molecule has 4 aromatic rings. The van der Waals surface area contributed by atoms with Gasteiger partial charge in [0.05, 0.1) is 6.26 Å². The van der Waals surface area contributed by atoms with Gasteiger partial charge in [-0.3, -0.25) is 0 Å². The van der Waals surface area contributed by atoms with Crippen LogP contribution in [-0.2, 0) is 4.74 Å². The predicted molar refractivity (Wildman–Crippen MR) is 123 cm³/mol. The summed E-state index contributed by atoms with van der Waals surface area (Å²) >= 11 is 0. The molecule has 5 rings (SSSR count). The Balaban J connectivity index is 1.13. The first kappa shape index (κ1) is 19.2. The van der Waals surface area contributed by atoms with Gasteiger partial charge in [-0.05, 0) is 34.7 Å². The Morgan fingerprint density at radius 3 is 2.39 bits per heavy atom. The Hall–Kier alpha value is -3.79. The number of amides is 1. The normalized spacial score (nSPS) is 12.8. The first-order valence-electron chi connectivity index (χ1n) is 10.5. The summed E-state index contributed by atoms with van der Waals surface area (Å²) in [5, 5.41) is 3.92. The van der Waals surface area contributed by atoms with Crippen LogP contribution in [-0.4, -0.2) is 19.2 Å². The highest BCUT2D eigenvalue weighted by Gasteiger charge is 2.28. The first-order chi connectivity index (χ1) is 15.3. The first-order valence-corrected chi connectivity index (χ1v) is 10.5. The number of nitrogens with one attached hydrogen (secondary N) is 1. The number of para-hydroxylation sites is 1. The number of hydrogen-bond donors (Lipinski definition) is 1. The Bertz CT molecular complexity index is 1210. The molecule has 1 aliphatic rings. The van der Waals surface area contributed by atoms with Gasteiger partial charge >= 0.3 is 6.09 Å². The number of ether oxygens (including phenoxy) is 1. The van der Waals surface area contributed by atoms with E-state index in [-0.39, 0.29) is 12.0 Å². The molecule has 1 aliphatic carbocycles. The molecule has 0 spiro atoms. The molecule has 0 bridgehead atoms. The Morgan fingerprint density at radius 1 is 0.935 bits per heavy atom. The van der Waals surface area contributed by atoms with Crippen molar-refractivity contribution < 1.29 is 13.9 Å². The molecule has 3 aromatic carbocycles. The van der Waals surface area contributed by atoms with E-state index in [2.05, 4.69) is 29.6 Å². The van der Waals surface area contributed by atoms with Crippen LogP contribution in [0.3, 0.4) is 0 Å². The number of hydrogen-bond acceptors (Lipinski definition) is 3. The minimum absolute atomic E-state index is 0.0763. The second-order valence-electron chi connectivity index (χ2n) is 7.63. The van der Waals surface area contributed by atoms with Gasteiger partial charge in [0, 0.05) is 23.4 Å². The molecule has 0 saturated carbocycles. The summed E-state index contributed by atoms with van der Waals surface area (Å²) in [4.78, 5) is 12.2. The van der Waals surface area contributed by atoms with Crippen molar-refractivity contribution in [3.05, 3.63) is 102 Å². The maximum Gasteiger partial charge on any atom is 0.407 e. The molecule has 1 N–H and O–H groups in total. The lowest BCUT2D eigenvalue weighted by Crippen LogP contribution is -2.26. The van der Waals surface area contributed by atoms with Crippen molar-refractivity contribution in [3.63, 3.8) is 0 Å². The van der Waals surface area contributed by atoms with Gasteiger partial charge in [-0.15, -0.1) is 0 Å². The molecule has 0 atom stereocenters. The minimum atomic E-state index is -0.385. The van der Waals surface area contributed by atoms with Gasteiger partial charge in [0.2, 0.25) is 0 Å². The van der Waals surface area contributed by atoms with E-state index in [0.717, 1.165) is 16.5 Å². The SMILES string of the molecule is O=C(NCCC=Cc1coc2ccccc12)OCC1c2ccccc2-c2ccccc21. The maximum absolute atomic E-state index is 12.2. The van der Waals surface area contributed by atoms with Crippen LogP contribution in [0.2, 0.25) is 0 Å². The Labute approximate surface area is 181 Å². The highest BCUT2D eigenvalue weighted by molar-refractivity contribution is 5.86. The maximum atomic E-state index is 12.2. The third-order valence-electron chi connectivity index (χ3n) is 5.73. The average Bonchev–Trinajstić information content (AvgIpc) is 3.37. The number of carbonyl (C=O) groups is 1. The van der Waals surface area contributed by atoms with Crippen LogP contribution in [0.15, 0.2) is 89.6 Å². The van der Waals surface area contributed by atoms with Crippen molar-refractivity contribution in [2.45, 2.75) is 12.3 Å². The molecule has 31 heavy (non-hydrogen) atoms. The van der Waals surface area contributed by atoms with Crippen molar-refractivity contribution in [3.8, 4) is 11.1 Å². The summed E-state index contributed by atoms with van der Waals surface area (Å²) in [6, 6.07) is 24.6. The standard InChI is InChI=1S/C27H23NO3/c29-27(28-16-8-7-9-19-17-30-26-15-6-5-10-20(19)26)31-18-25-23-13-3-1-11-21(23)22-12-2-4-14-24(22)25/h1-7,9-15,17,25H,8,16,18H2,(H,28,29). The molecule has 0 unspecified atom stereocenters. The lowest BCUT2D eigenvalue weighted by Gasteiger charge is -2.14. The Kier molecular flexibility index (Phi) is 5.28. The third-order valence-corrected chi connectivity index (χ3v) is 5.73. The van der Waals surface area contributed by atoms with Gasteiger partial charge in [-0.2, -0.15) is 0 Å². The smallest absolute Gasteiger partial charge is 0.407 e. The summed E-state index contributed by atoms with van der Waals surface area (Å²) in [7, 11) is 0. The van der Waals surface area contributed by atoms with E-state index in [9.17, 15) is 4.79 Å². The molecule has 4 heteroatoms. The molecule has 0 saturated heterocycles. The van der Waals surface area contributed by atoms with Gasteiger partial charge in [0.1, 0.15) is 12.2 Å². The van der Waals surface area contributed by atoms with E-state index in [4.69, 9.17) is 9.15 Å². The van der Waals surface area contributed by atoms with E-state index in [1.807, 2.05) is 60.7 Å². The van der Waals surface area contributed by atoms with E-state index in [1.54, 1.807) is 6.26 Å². The van der Waals surface area contributed by atoms with Crippen LogP contribution in [0.4, 0.5) is 4.79 Å². The summed E-state index contributed by atoms with van der Waals surface area (Å²) in [6.45, 7) is 0.847. The quantitative estimate of drug-likeness (QED) is 0.376. The second kappa shape index (κ2) is 8.52. The van der Waals surface area contributed by atoms with Crippen LogP contribution in [0.25, 0.3) is 28.2 Å². The summed E-state index contributed by atoms with van der Waals surface area (Å²) in [5.74, 6) is 0.0763. The van der Waals surface area contributed by atoms with Crippen molar-refractivity contribution >= 4 is 23.1 Å². The monoisotopic (exact) mass is 409 g/mol. The van der Waals surface area contributed by atoms with Crippen molar-refractivity contribution in [2.24, 2.45) is 0 Å². The molecule has 1 amide bonds. The lowest BCUT2D eigenvalue weighted by atomic mass is 9.98. The van der Waals surface area contributed by atoms with E-state index >= 15 is 0 Å². The highest BCUT2D eigenvalue weighted by Crippen LogP contribution is 2.44. The summed E-state index contributed by atoms with van der Waals surface area (Å²) < 4.78 is 11.1. The number of fused-ring (bicyclic) bond motifs is 4. The molecule has 4 nitrogen and oxygen atoms in total. The van der Waals surface area contributed by atoms with E-state index in [0.29, 0.717) is 19.6 Å². The fraction of sp³-hybridized carbons (Fsp3) is 0.148. The molecule has 1 heterocycles. The van der Waals surface area contributed by atoms with Crippen LogP contribution in [0.1, 0.15) is 29.0 Å². The van der Waals surface area contributed by atoms with Crippen LogP contribution in [0.5, 0.6) is 0 Å². The van der Waals surface area contributed by atoms with Crippen LogP contribution < -0.4 is 5.32 Å². The number of alkyl carbamates (subject to hydrolysis) is 1. The summed E-state index contributed by atoms with van der Waals surface area (Å²) in [6.07, 6.45) is 6.12. The van der Waals surface area contributed by atoms with Gasteiger partial charge in [-0.1, -0.05) is 78.9 Å². The van der Waals surface area contributed by atoms with Gasteiger partial charge < -0.3 is 14.5 Å². The molecule has 0 fully saturated rings. The lowest BCUT2D eigenvalue weighted by molar-refractivity contribution is 0.143. The topological polar surface area (TPSA) is 51.5 Å². The zero-order valence-electron chi connectivity index (χ0n) is 17.1. The predicted octanol–water partition coefficient (Wildman–Crippen LogP) is 6.37. The number of furan rings is 1. The van der Waals surface area contributed by atoms with Gasteiger partial charge in [0.25, 0.3) is 0 Å². The Morgan fingerprint density at radius 2 is 1.61 bits per heavy atom. The zero-order valence-corrected chi connectivity index (χ0v) is 17.1. The molecular formula is C27H23NO3. The average molecular weight is 409 g/mol. The van der Waals surface area contributed by atoms with Gasteiger partial charge in [0.15, 0.2) is 0 Å². The molecular weight excluding hydrogens is 386 g/mol. The van der Waals surface area contributed by atoms with E-state index < -0.39 is 0 Å². The number of benzene rings is 3. The van der Waals surface area contributed by atoms with Crippen molar-refractivity contribution in [2.75, 3.05) is 13.2 Å². The fourth-order valence-electron chi connectivity index (χ4n) is 4.24. The highest BCUT2D eigenvalue weighted by atomic mass is 16.5. The second-order valence-corrected chi connectivity index (χ2v) is 7.63. The van der Waals surface area contributed by atoms with Crippen LogP contribution >= 0.6 is 0 Å². The van der Waals surface area contributed by atoms with Crippen molar-refractivity contribution in [1.82, 2.24) is 5.32 Å². The molecule has 154 valence electrons. The number of rotatable bonds is 6. The third kappa shape index (κ3) is 3.84. The molecule has 0 radical (unpaired) electrons. The summed E-state index contributed by atoms with van der Waals surface area (Å²) in [5.41, 5.74) is 6.79. The zero-order chi connectivity index (χ0) is 21.0. The molecule has 1 aromatic heterocycles. The largest absolute Gasteiger partial charge is 0.464 e. The van der Waals surface area contributed by atoms with E-state index in [1.165, 1.54) is 22.3 Å². The van der Waals surface area contributed by atoms with Gasteiger partial charge in [-0.25, -0.2) is 4.79 Å². The minimum Gasteiger partial charge on any atom is -0.464 e. The van der Waals surface area contributed by atoms with Crippen LogP contribution in [0, 0.1) is 0 Å².